The molecule has 0 radical (unpaired) electrons. The summed E-state index contributed by atoms with van der Waals surface area (Å²) in [7, 11) is 0. The van der Waals surface area contributed by atoms with Gasteiger partial charge in [0.05, 0.1) is 11.1 Å². The van der Waals surface area contributed by atoms with Crippen LogP contribution in [0.1, 0.15) is 18.2 Å². The molecule has 160 valence electrons. The molecular weight excluding hydrogens is 413 g/mol. The number of benzene rings is 3. The Morgan fingerprint density at radius 1 is 0.844 bits per heavy atom. The van der Waals surface area contributed by atoms with E-state index in [4.69, 9.17) is 0 Å². The molecule has 0 saturated heterocycles. The Labute approximate surface area is 182 Å². The van der Waals surface area contributed by atoms with Crippen molar-refractivity contribution in [3.05, 3.63) is 84.1 Å². The van der Waals surface area contributed by atoms with Gasteiger partial charge in [-0.2, -0.15) is 13.2 Å². The van der Waals surface area contributed by atoms with Crippen molar-refractivity contribution in [2.75, 3.05) is 5.32 Å². The van der Waals surface area contributed by atoms with Crippen molar-refractivity contribution in [1.29, 1.82) is 0 Å². The topological polar surface area (TPSA) is 53.6 Å². The molecule has 0 atom stereocenters. The van der Waals surface area contributed by atoms with Gasteiger partial charge in [0.25, 0.3) is 0 Å². The highest BCUT2D eigenvalue weighted by Crippen LogP contribution is 2.34. The maximum Gasteiger partial charge on any atom is 0.416 e. The first-order valence-electron chi connectivity index (χ1n) is 10.2. The zero-order valence-corrected chi connectivity index (χ0v) is 17.2. The van der Waals surface area contributed by atoms with E-state index in [0.717, 1.165) is 46.2 Å². The molecule has 0 saturated carbocycles. The highest BCUT2D eigenvalue weighted by molar-refractivity contribution is 5.99. The summed E-state index contributed by atoms with van der Waals surface area (Å²) in [5.41, 5.74) is 1.31. The Kier molecular flexibility index (Phi) is 4.81. The average molecular weight is 432 g/mol. The van der Waals surface area contributed by atoms with Crippen molar-refractivity contribution in [1.82, 2.24) is 15.0 Å². The molecule has 2 N–H and O–H groups in total. The Morgan fingerprint density at radius 2 is 1.56 bits per heavy atom. The Hall–Kier alpha value is -3.87. The number of fused-ring (bicyclic) bond motifs is 2. The molecule has 0 bridgehead atoms. The van der Waals surface area contributed by atoms with Crippen molar-refractivity contribution < 1.29 is 13.2 Å². The quantitative estimate of drug-likeness (QED) is 0.318. The molecule has 32 heavy (non-hydrogen) atoms. The van der Waals surface area contributed by atoms with Gasteiger partial charge in [0.15, 0.2) is 5.82 Å². The fraction of sp³-hybridized carbons (Fsp3) is 0.120. The van der Waals surface area contributed by atoms with Gasteiger partial charge in [-0.15, -0.1) is 0 Å². The number of aromatic amines is 1. The number of halogens is 3. The molecule has 4 nitrogen and oxygen atoms in total. The van der Waals surface area contributed by atoms with E-state index in [1.165, 1.54) is 6.07 Å². The largest absolute Gasteiger partial charge is 0.416 e. The summed E-state index contributed by atoms with van der Waals surface area (Å²) in [6.07, 6.45) is -3.60. The lowest BCUT2D eigenvalue weighted by Crippen LogP contribution is -2.05. The van der Waals surface area contributed by atoms with Gasteiger partial charge in [-0.3, -0.25) is 0 Å². The van der Waals surface area contributed by atoms with Gasteiger partial charge in [0.2, 0.25) is 0 Å². The average Bonchev–Trinajstić information content (AvgIpc) is 3.16. The van der Waals surface area contributed by atoms with Gasteiger partial charge in [0, 0.05) is 27.4 Å². The maximum atomic E-state index is 13.2. The number of alkyl halides is 3. The highest BCUT2D eigenvalue weighted by Gasteiger charge is 2.30. The standard InChI is InChI=1S/C25H19F3N4/c1-2-20-17-10-3-4-11-18(17)23(29-20)32-24-19-12-5-6-13-21(19)30-22(31-24)15-8-7-9-16(14-15)25(26,27)28/h3-14,29H,2H2,1H3,(H,30,31,32). The van der Waals surface area contributed by atoms with E-state index in [9.17, 15) is 13.2 Å². The number of nitrogens with zero attached hydrogens (tertiary/aromatic N) is 2. The summed E-state index contributed by atoms with van der Waals surface area (Å²) in [6, 6.07) is 20.5. The van der Waals surface area contributed by atoms with Crippen molar-refractivity contribution in [3.63, 3.8) is 0 Å². The van der Waals surface area contributed by atoms with Crippen molar-refractivity contribution in [2.24, 2.45) is 0 Å². The number of aryl methyl sites for hydroxylation is 1. The lowest BCUT2D eigenvalue weighted by molar-refractivity contribution is -0.137. The van der Waals surface area contributed by atoms with Gasteiger partial charge in [-0.05, 0) is 30.7 Å². The van der Waals surface area contributed by atoms with Crippen molar-refractivity contribution in [3.8, 4) is 11.4 Å². The summed E-state index contributed by atoms with van der Waals surface area (Å²) >= 11 is 0. The first-order chi connectivity index (χ1) is 15.4. The monoisotopic (exact) mass is 432 g/mol. The zero-order valence-electron chi connectivity index (χ0n) is 17.2. The summed E-state index contributed by atoms with van der Waals surface area (Å²) in [6.45, 7) is 2.08. The van der Waals surface area contributed by atoms with Crippen LogP contribution in [0.5, 0.6) is 0 Å². The van der Waals surface area contributed by atoms with Gasteiger partial charge in [-0.1, -0.05) is 55.5 Å². The molecule has 3 aromatic carbocycles. The van der Waals surface area contributed by atoms with Gasteiger partial charge >= 0.3 is 6.18 Å². The smallest absolute Gasteiger partial charge is 0.344 e. The first-order valence-corrected chi connectivity index (χ1v) is 10.2. The molecule has 5 aromatic rings. The molecule has 0 aliphatic heterocycles. The number of anilines is 2. The van der Waals surface area contributed by atoms with Crippen LogP contribution in [0.4, 0.5) is 24.8 Å². The van der Waals surface area contributed by atoms with Crippen LogP contribution in [0, 0.1) is 0 Å². The third-order valence-electron chi connectivity index (χ3n) is 5.45. The fourth-order valence-electron chi connectivity index (χ4n) is 3.88. The van der Waals surface area contributed by atoms with Crippen molar-refractivity contribution >= 4 is 33.3 Å². The predicted octanol–water partition coefficient (Wildman–Crippen LogP) is 7.10. The second-order valence-electron chi connectivity index (χ2n) is 7.49. The first kappa shape index (κ1) is 20.1. The summed E-state index contributed by atoms with van der Waals surface area (Å²) in [4.78, 5) is 12.6. The second kappa shape index (κ2) is 7.67. The molecule has 0 amide bonds. The van der Waals surface area contributed by atoms with E-state index in [-0.39, 0.29) is 5.82 Å². The minimum Gasteiger partial charge on any atom is -0.344 e. The van der Waals surface area contributed by atoms with Crippen LogP contribution in [0.3, 0.4) is 0 Å². The molecule has 0 fully saturated rings. The second-order valence-corrected chi connectivity index (χ2v) is 7.49. The molecule has 0 aliphatic rings. The molecule has 0 aliphatic carbocycles. The van der Waals surface area contributed by atoms with Crippen LogP contribution in [-0.2, 0) is 12.6 Å². The lowest BCUT2D eigenvalue weighted by atomic mass is 10.1. The van der Waals surface area contributed by atoms with Gasteiger partial charge in [0.1, 0.15) is 11.6 Å². The normalized spacial score (nSPS) is 11.9. The van der Waals surface area contributed by atoms with Crippen LogP contribution in [-0.4, -0.2) is 15.0 Å². The maximum absolute atomic E-state index is 13.2. The van der Waals surface area contributed by atoms with E-state index >= 15 is 0 Å². The van der Waals surface area contributed by atoms with E-state index in [2.05, 4.69) is 33.3 Å². The van der Waals surface area contributed by atoms with E-state index in [1.807, 2.05) is 42.5 Å². The molecular formula is C25H19F3N4. The number of H-pyrrole nitrogens is 1. The van der Waals surface area contributed by atoms with Crippen LogP contribution in [0.2, 0.25) is 0 Å². The van der Waals surface area contributed by atoms with Crippen LogP contribution in [0.15, 0.2) is 72.8 Å². The number of nitrogens with one attached hydrogen (secondary N) is 2. The third kappa shape index (κ3) is 3.56. The SMILES string of the molecule is CCc1[nH]c(Nc2nc(-c3cccc(C(F)(F)F)c3)nc3ccccc23)c2ccccc12. The summed E-state index contributed by atoms with van der Waals surface area (Å²) < 4.78 is 39.7. The minimum atomic E-state index is -4.44. The third-order valence-corrected chi connectivity index (χ3v) is 5.45. The van der Waals surface area contributed by atoms with Gasteiger partial charge < -0.3 is 10.3 Å². The minimum absolute atomic E-state index is 0.226. The van der Waals surface area contributed by atoms with Crippen LogP contribution in [0.25, 0.3) is 33.1 Å². The van der Waals surface area contributed by atoms with Crippen LogP contribution < -0.4 is 5.32 Å². The molecule has 0 unspecified atom stereocenters. The Morgan fingerprint density at radius 3 is 2.31 bits per heavy atom. The highest BCUT2D eigenvalue weighted by atomic mass is 19.4. The Bertz CT molecular complexity index is 1440. The number of aromatic nitrogens is 3. The van der Waals surface area contributed by atoms with Crippen LogP contribution >= 0.6 is 0 Å². The number of hydrogen-bond donors (Lipinski definition) is 2. The number of rotatable bonds is 4. The number of hydrogen-bond acceptors (Lipinski definition) is 3. The molecule has 2 heterocycles. The Balaban J connectivity index is 1.66. The van der Waals surface area contributed by atoms with Gasteiger partial charge in [-0.25, -0.2) is 9.97 Å². The number of para-hydroxylation sites is 1. The predicted molar refractivity (Wildman–Crippen MR) is 121 cm³/mol. The molecule has 7 heteroatoms. The van der Waals surface area contributed by atoms with E-state index in [0.29, 0.717) is 16.9 Å². The summed E-state index contributed by atoms with van der Waals surface area (Å²) in [5, 5.41) is 6.29. The van der Waals surface area contributed by atoms with Crippen molar-refractivity contribution in [2.45, 2.75) is 19.5 Å². The molecule has 2 aromatic heterocycles. The molecule has 5 rings (SSSR count). The van der Waals surface area contributed by atoms with E-state index in [1.54, 1.807) is 6.07 Å². The molecule has 0 spiro atoms. The lowest BCUT2D eigenvalue weighted by Gasteiger charge is -2.12. The summed E-state index contributed by atoms with van der Waals surface area (Å²) in [5.74, 6) is 1.54. The fourth-order valence-corrected chi connectivity index (χ4v) is 3.88. The zero-order chi connectivity index (χ0) is 22.3. The van der Waals surface area contributed by atoms with E-state index < -0.39 is 11.7 Å².